The minimum atomic E-state index is 0.399. The minimum Gasteiger partial charge on any atom is -0.319 e. The molecule has 0 saturated heterocycles. The van der Waals surface area contributed by atoms with Crippen LogP contribution in [0, 0.1) is 5.41 Å². The third-order valence-electron chi connectivity index (χ3n) is 3.47. The molecule has 0 aromatic heterocycles. The van der Waals surface area contributed by atoms with Gasteiger partial charge in [-0.25, -0.2) is 0 Å². The molecule has 0 aromatic rings. The van der Waals surface area contributed by atoms with E-state index in [-0.39, 0.29) is 0 Å². The maximum atomic E-state index is 3.33. The second kappa shape index (κ2) is 8.90. The summed E-state index contributed by atoms with van der Waals surface area (Å²) in [5, 5.41) is 3.33. The zero-order valence-electron chi connectivity index (χ0n) is 12.8. The van der Waals surface area contributed by atoms with Gasteiger partial charge in [0.05, 0.1) is 0 Å². The fourth-order valence-electron chi connectivity index (χ4n) is 2.19. The van der Waals surface area contributed by atoms with Gasteiger partial charge in [-0.2, -0.15) is 0 Å². The minimum absolute atomic E-state index is 0.399. The number of likely N-dealkylation sites (N-methyl/N-ethyl adjacent to an activating group) is 1. The van der Waals surface area contributed by atoms with E-state index in [0.717, 1.165) is 13.1 Å². The van der Waals surface area contributed by atoms with Crippen molar-refractivity contribution < 1.29 is 0 Å². The molecular formula is C14H33N3. The fraction of sp³-hybridized carbons (Fsp3) is 1.00. The van der Waals surface area contributed by atoms with Crippen LogP contribution in [0.3, 0.4) is 0 Å². The molecule has 1 atom stereocenters. The van der Waals surface area contributed by atoms with E-state index in [1.807, 2.05) is 0 Å². The van der Waals surface area contributed by atoms with Crippen molar-refractivity contribution >= 4 is 0 Å². The Balaban J connectivity index is 4.28. The first kappa shape index (κ1) is 16.9. The van der Waals surface area contributed by atoms with Gasteiger partial charge >= 0.3 is 0 Å². The standard InChI is InChI=1S/C14H33N3/c1-7-9-17(11-10-16(5)6)13-14(3,8-2)12-15-4/h15H,7-13H2,1-6H3. The van der Waals surface area contributed by atoms with Crippen molar-refractivity contribution in [2.24, 2.45) is 5.41 Å². The highest BCUT2D eigenvalue weighted by Crippen LogP contribution is 2.21. The quantitative estimate of drug-likeness (QED) is 0.632. The Morgan fingerprint density at radius 3 is 2.12 bits per heavy atom. The lowest BCUT2D eigenvalue weighted by molar-refractivity contribution is 0.147. The molecule has 0 heterocycles. The molecule has 1 unspecified atom stereocenters. The Bertz CT molecular complexity index is 182. The Morgan fingerprint density at radius 2 is 1.71 bits per heavy atom. The third-order valence-corrected chi connectivity index (χ3v) is 3.47. The van der Waals surface area contributed by atoms with Crippen molar-refractivity contribution in [3.05, 3.63) is 0 Å². The van der Waals surface area contributed by atoms with Crippen LogP contribution < -0.4 is 5.32 Å². The molecule has 0 aliphatic heterocycles. The van der Waals surface area contributed by atoms with Crippen LogP contribution in [0.1, 0.15) is 33.6 Å². The monoisotopic (exact) mass is 243 g/mol. The van der Waals surface area contributed by atoms with E-state index in [0.29, 0.717) is 5.41 Å². The van der Waals surface area contributed by atoms with Gasteiger partial charge in [-0.15, -0.1) is 0 Å². The maximum absolute atomic E-state index is 3.33. The zero-order chi connectivity index (χ0) is 13.3. The molecule has 0 aromatic carbocycles. The topological polar surface area (TPSA) is 18.5 Å². The van der Waals surface area contributed by atoms with E-state index in [2.05, 4.69) is 57.0 Å². The Hall–Kier alpha value is -0.120. The Morgan fingerprint density at radius 1 is 1.06 bits per heavy atom. The van der Waals surface area contributed by atoms with E-state index in [1.54, 1.807) is 0 Å². The summed E-state index contributed by atoms with van der Waals surface area (Å²) in [5.41, 5.74) is 0.399. The average molecular weight is 243 g/mol. The summed E-state index contributed by atoms with van der Waals surface area (Å²) < 4.78 is 0. The maximum Gasteiger partial charge on any atom is 0.0109 e. The lowest BCUT2D eigenvalue weighted by Crippen LogP contribution is -2.43. The van der Waals surface area contributed by atoms with E-state index in [4.69, 9.17) is 0 Å². The number of rotatable bonds is 10. The van der Waals surface area contributed by atoms with Gasteiger partial charge in [0.1, 0.15) is 0 Å². The van der Waals surface area contributed by atoms with Gasteiger partial charge in [-0.1, -0.05) is 20.8 Å². The molecule has 0 rings (SSSR count). The van der Waals surface area contributed by atoms with Gasteiger partial charge in [0.2, 0.25) is 0 Å². The molecule has 0 aliphatic rings. The number of nitrogens with one attached hydrogen (secondary N) is 1. The van der Waals surface area contributed by atoms with Crippen molar-refractivity contribution in [1.29, 1.82) is 0 Å². The van der Waals surface area contributed by atoms with E-state index < -0.39 is 0 Å². The van der Waals surface area contributed by atoms with Crippen LogP contribution in [0.4, 0.5) is 0 Å². The summed E-state index contributed by atoms with van der Waals surface area (Å²) in [6, 6.07) is 0. The molecule has 0 amide bonds. The molecule has 0 fully saturated rings. The molecule has 0 saturated carbocycles. The van der Waals surface area contributed by atoms with Crippen molar-refractivity contribution in [2.75, 3.05) is 53.9 Å². The van der Waals surface area contributed by atoms with Crippen LogP contribution in [0.25, 0.3) is 0 Å². The van der Waals surface area contributed by atoms with Crippen molar-refractivity contribution in [1.82, 2.24) is 15.1 Å². The highest BCUT2D eigenvalue weighted by Gasteiger charge is 2.24. The lowest BCUT2D eigenvalue weighted by Gasteiger charge is -2.35. The second-order valence-electron chi connectivity index (χ2n) is 5.77. The summed E-state index contributed by atoms with van der Waals surface area (Å²) in [4.78, 5) is 4.88. The molecule has 0 bridgehead atoms. The number of nitrogens with zero attached hydrogens (tertiary/aromatic N) is 2. The van der Waals surface area contributed by atoms with Gasteiger partial charge < -0.3 is 15.1 Å². The number of hydrogen-bond donors (Lipinski definition) is 1. The highest BCUT2D eigenvalue weighted by molar-refractivity contribution is 4.79. The molecule has 0 aliphatic carbocycles. The van der Waals surface area contributed by atoms with Crippen molar-refractivity contribution in [3.8, 4) is 0 Å². The molecule has 104 valence electrons. The summed E-state index contributed by atoms with van der Waals surface area (Å²) in [6.07, 6.45) is 2.47. The van der Waals surface area contributed by atoms with Gasteiger partial charge in [0.25, 0.3) is 0 Å². The second-order valence-corrected chi connectivity index (χ2v) is 5.77. The third kappa shape index (κ3) is 7.74. The first-order valence-corrected chi connectivity index (χ1v) is 6.99. The average Bonchev–Trinajstić information content (AvgIpc) is 2.26. The fourth-order valence-corrected chi connectivity index (χ4v) is 2.19. The lowest BCUT2D eigenvalue weighted by atomic mass is 9.86. The van der Waals surface area contributed by atoms with E-state index in [1.165, 1.54) is 32.5 Å². The molecule has 17 heavy (non-hydrogen) atoms. The van der Waals surface area contributed by atoms with E-state index >= 15 is 0 Å². The first-order valence-electron chi connectivity index (χ1n) is 6.99. The molecule has 3 nitrogen and oxygen atoms in total. The van der Waals surface area contributed by atoms with Crippen LogP contribution >= 0.6 is 0 Å². The van der Waals surface area contributed by atoms with Crippen LogP contribution in [0.15, 0.2) is 0 Å². The van der Waals surface area contributed by atoms with E-state index in [9.17, 15) is 0 Å². The number of hydrogen-bond acceptors (Lipinski definition) is 3. The SMILES string of the molecule is CCCN(CCN(C)C)CC(C)(CC)CNC. The normalized spacial score (nSPS) is 15.5. The molecule has 3 heteroatoms. The smallest absolute Gasteiger partial charge is 0.0109 e. The van der Waals surface area contributed by atoms with Crippen molar-refractivity contribution in [3.63, 3.8) is 0 Å². The predicted molar refractivity (Wildman–Crippen MR) is 77.6 cm³/mol. The Kier molecular flexibility index (Phi) is 8.83. The first-order chi connectivity index (χ1) is 7.97. The van der Waals surface area contributed by atoms with Crippen LogP contribution in [-0.4, -0.2) is 63.7 Å². The summed E-state index contributed by atoms with van der Waals surface area (Å²) in [7, 11) is 6.35. The van der Waals surface area contributed by atoms with Gasteiger partial charge in [0, 0.05) is 26.2 Å². The van der Waals surface area contributed by atoms with Gasteiger partial charge in [-0.05, 0) is 45.9 Å². The molecule has 0 spiro atoms. The summed E-state index contributed by atoms with van der Waals surface area (Å²) in [5.74, 6) is 0. The summed E-state index contributed by atoms with van der Waals surface area (Å²) in [6.45, 7) is 12.8. The molecular weight excluding hydrogens is 210 g/mol. The van der Waals surface area contributed by atoms with Gasteiger partial charge in [-0.3, -0.25) is 0 Å². The van der Waals surface area contributed by atoms with Crippen LogP contribution in [-0.2, 0) is 0 Å². The molecule has 0 radical (unpaired) electrons. The molecule has 1 N–H and O–H groups in total. The van der Waals surface area contributed by atoms with Crippen LogP contribution in [0.2, 0.25) is 0 Å². The predicted octanol–water partition coefficient (Wildman–Crippen LogP) is 1.90. The Labute approximate surface area is 109 Å². The highest BCUT2D eigenvalue weighted by atomic mass is 15.2. The van der Waals surface area contributed by atoms with Crippen LogP contribution in [0.5, 0.6) is 0 Å². The van der Waals surface area contributed by atoms with Crippen molar-refractivity contribution in [2.45, 2.75) is 33.6 Å². The largest absolute Gasteiger partial charge is 0.319 e. The van der Waals surface area contributed by atoms with Gasteiger partial charge in [0.15, 0.2) is 0 Å². The zero-order valence-corrected chi connectivity index (χ0v) is 12.8. The summed E-state index contributed by atoms with van der Waals surface area (Å²) >= 11 is 0.